The molecule has 2 aromatic carbocycles. The van der Waals surface area contributed by atoms with Crippen molar-refractivity contribution in [3.63, 3.8) is 0 Å². The van der Waals surface area contributed by atoms with Crippen LogP contribution in [0.2, 0.25) is 0 Å². The van der Waals surface area contributed by atoms with Crippen LogP contribution in [0.5, 0.6) is 5.75 Å². The minimum atomic E-state index is -0.239. The first kappa shape index (κ1) is 17.6. The van der Waals surface area contributed by atoms with Crippen LogP contribution in [0.4, 0.5) is 4.39 Å². The van der Waals surface area contributed by atoms with E-state index in [9.17, 15) is 4.39 Å². The Morgan fingerprint density at radius 2 is 1.92 bits per heavy atom. The molecule has 0 fully saturated rings. The average Bonchev–Trinajstić information content (AvgIpc) is 3.09. The Morgan fingerprint density at radius 1 is 1.16 bits per heavy atom. The molecule has 130 valence electrons. The van der Waals surface area contributed by atoms with Gasteiger partial charge in [0.25, 0.3) is 0 Å². The number of hydrogen-bond acceptors (Lipinski definition) is 4. The molecule has 1 aromatic heterocycles. The van der Waals surface area contributed by atoms with Crippen molar-refractivity contribution >= 4 is 11.3 Å². The van der Waals surface area contributed by atoms with Gasteiger partial charge in [-0.1, -0.05) is 30.3 Å². The number of halogens is 1. The first-order chi connectivity index (χ1) is 12.2. The molecule has 0 aliphatic heterocycles. The summed E-state index contributed by atoms with van der Waals surface area (Å²) in [6, 6.07) is 15.1. The fourth-order valence-corrected chi connectivity index (χ4v) is 3.46. The van der Waals surface area contributed by atoms with Gasteiger partial charge in [-0.3, -0.25) is 0 Å². The molecule has 1 N–H and O–H groups in total. The van der Waals surface area contributed by atoms with Gasteiger partial charge in [-0.25, -0.2) is 9.37 Å². The summed E-state index contributed by atoms with van der Waals surface area (Å²) in [5, 5.41) is 6.33. The van der Waals surface area contributed by atoms with Gasteiger partial charge in [-0.2, -0.15) is 0 Å². The zero-order valence-electron chi connectivity index (χ0n) is 14.3. The van der Waals surface area contributed by atoms with Gasteiger partial charge >= 0.3 is 0 Å². The fourth-order valence-electron chi connectivity index (χ4n) is 2.72. The van der Waals surface area contributed by atoms with E-state index in [-0.39, 0.29) is 11.9 Å². The fraction of sp³-hybridized carbons (Fsp3) is 0.250. The van der Waals surface area contributed by atoms with Gasteiger partial charge in [-0.05, 0) is 37.1 Å². The number of benzene rings is 2. The van der Waals surface area contributed by atoms with E-state index in [1.165, 1.54) is 11.6 Å². The Morgan fingerprint density at radius 3 is 2.72 bits per heavy atom. The van der Waals surface area contributed by atoms with Crippen LogP contribution in [-0.2, 0) is 13.0 Å². The zero-order chi connectivity index (χ0) is 17.6. The van der Waals surface area contributed by atoms with Crippen LogP contribution >= 0.6 is 11.3 Å². The minimum Gasteiger partial charge on any atom is -0.496 e. The molecule has 0 saturated heterocycles. The molecule has 3 rings (SSSR count). The van der Waals surface area contributed by atoms with E-state index in [0.29, 0.717) is 17.8 Å². The molecular formula is C20H21FN2OS. The van der Waals surface area contributed by atoms with E-state index in [4.69, 9.17) is 4.74 Å². The summed E-state index contributed by atoms with van der Waals surface area (Å²) < 4.78 is 19.2. The van der Waals surface area contributed by atoms with Gasteiger partial charge in [0.05, 0.1) is 12.8 Å². The van der Waals surface area contributed by atoms with Gasteiger partial charge in [0.2, 0.25) is 0 Å². The lowest BCUT2D eigenvalue weighted by atomic mass is 10.1. The highest BCUT2D eigenvalue weighted by Gasteiger charge is 2.11. The maximum atomic E-state index is 13.8. The van der Waals surface area contributed by atoms with Gasteiger partial charge in [0.1, 0.15) is 16.6 Å². The van der Waals surface area contributed by atoms with Crippen molar-refractivity contribution in [2.45, 2.75) is 25.9 Å². The van der Waals surface area contributed by atoms with Crippen LogP contribution < -0.4 is 10.1 Å². The molecule has 0 aliphatic rings. The van der Waals surface area contributed by atoms with Gasteiger partial charge in [0.15, 0.2) is 0 Å². The Labute approximate surface area is 151 Å². The van der Waals surface area contributed by atoms with E-state index in [2.05, 4.69) is 23.3 Å². The lowest BCUT2D eigenvalue weighted by Gasteiger charge is -2.15. The maximum absolute atomic E-state index is 13.8. The SMILES string of the molecule is COc1ccccc1CC(C)NCc1nc(-c2ccccc2F)cs1. The normalized spacial score (nSPS) is 12.1. The van der Waals surface area contributed by atoms with Crippen molar-refractivity contribution in [1.82, 2.24) is 10.3 Å². The van der Waals surface area contributed by atoms with Crippen molar-refractivity contribution in [3.05, 3.63) is 70.3 Å². The summed E-state index contributed by atoms with van der Waals surface area (Å²) >= 11 is 1.54. The number of hydrogen-bond donors (Lipinski definition) is 1. The van der Waals surface area contributed by atoms with E-state index >= 15 is 0 Å². The summed E-state index contributed by atoms with van der Waals surface area (Å²) in [5.74, 6) is 0.670. The molecular weight excluding hydrogens is 335 g/mol. The Bertz CT molecular complexity index is 834. The molecule has 0 amide bonds. The summed E-state index contributed by atoms with van der Waals surface area (Å²) in [6.07, 6.45) is 0.871. The quantitative estimate of drug-likeness (QED) is 0.667. The second-order valence-electron chi connectivity index (χ2n) is 5.90. The predicted molar refractivity (Wildman–Crippen MR) is 101 cm³/mol. The van der Waals surface area contributed by atoms with Crippen LogP contribution in [0, 0.1) is 5.82 Å². The molecule has 3 nitrogen and oxygen atoms in total. The molecule has 25 heavy (non-hydrogen) atoms. The second-order valence-corrected chi connectivity index (χ2v) is 6.85. The number of thiazole rings is 1. The molecule has 3 aromatic rings. The molecule has 0 radical (unpaired) electrons. The Balaban J connectivity index is 1.60. The van der Waals surface area contributed by atoms with Crippen molar-refractivity contribution < 1.29 is 9.13 Å². The van der Waals surface area contributed by atoms with E-state index in [0.717, 1.165) is 17.2 Å². The average molecular weight is 356 g/mol. The smallest absolute Gasteiger partial charge is 0.132 e. The first-order valence-corrected chi connectivity index (χ1v) is 9.10. The summed E-state index contributed by atoms with van der Waals surface area (Å²) in [5.41, 5.74) is 2.42. The summed E-state index contributed by atoms with van der Waals surface area (Å²) in [4.78, 5) is 4.55. The maximum Gasteiger partial charge on any atom is 0.132 e. The largest absolute Gasteiger partial charge is 0.496 e. The number of ether oxygens (including phenoxy) is 1. The minimum absolute atomic E-state index is 0.239. The van der Waals surface area contributed by atoms with Crippen LogP contribution in [0.1, 0.15) is 17.5 Å². The van der Waals surface area contributed by atoms with Crippen molar-refractivity contribution in [2.24, 2.45) is 0 Å². The monoisotopic (exact) mass is 356 g/mol. The third-order valence-electron chi connectivity index (χ3n) is 4.02. The van der Waals surface area contributed by atoms with Gasteiger partial charge < -0.3 is 10.1 Å². The molecule has 0 bridgehead atoms. The number of para-hydroxylation sites is 1. The number of aromatic nitrogens is 1. The van der Waals surface area contributed by atoms with E-state index in [1.807, 2.05) is 29.6 Å². The van der Waals surface area contributed by atoms with Crippen LogP contribution in [0.3, 0.4) is 0 Å². The Hall–Kier alpha value is -2.24. The van der Waals surface area contributed by atoms with Crippen molar-refractivity contribution in [3.8, 4) is 17.0 Å². The predicted octanol–water partition coefficient (Wildman–Crippen LogP) is 4.68. The molecule has 0 saturated carbocycles. The molecule has 1 unspecified atom stereocenters. The standard InChI is InChI=1S/C20H21FN2OS/c1-14(11-15-7-3-6-10-19(15)24-2)22-12-20-23-18(13-25-20)16-8-4-5-9-17(16)21/h3-10,13-14,22H,11-12H2,1-2H3. The number of methoxy groups -OCH3 is 1. The van der Waals surface area contributed by atoms with E-state index in [1.54, 1.807) is 30.6 Å². The molecule has 5 heteroatoms. The zero-order valence-corrected chi connectivity index (χ0v) is 15.1. The third kappa shape index (κ3) is 4.44. The summed E-state index contributed by atoms with van der Waals surface area (Å²) in [6.45, 7) is 2.80. The van der Waals surface area contributed by atoms with Gasteiger partial charge in [0, 0.05) is 23.5 Å². The Kier molecular flexibility index (Phi) is 5.79. The molecule has 1 atom stereocenters. The number of rotatable bonds is 7. The molecule has 1 heterocycles. The lowest BCUT2D eigenvalue weighted by Crippen LogP contribution is -2.27. The van der Waals surface area contributed by atoms with Crippen molar-refractivity contribution in [2.75, 3.05) is 7.11 Å². The molecule has 0 aliphatic carbocycles. The van der Waals surface area contributed by atoms with E-state index < -0.39 is 0 Å². The topological polar surface area (TPSA) is 34.1 Å². The number of nitrogens with zero attached hydrogens (tertiary/aromatic N) is 1. The van der Waals surface area contributed by atoms with Gasteiger partial charge in [-0.15, -0.1) is 11.3 Å². The highest BCUT2D eigenvalue weighted by Crippen LogP contribution is 2.24. The second kappa shape index (κ2) is 8.23. The van der Waals surface area contributed by atoms with Crippen LogP contribution in [-0.4, -0.2) is 18.1 Å². The molecule has 0 spiro atoms. The first-order valence-electron chi connectivity index (χ1n) is 8.22. The van der Waals surface area contributed by atoms with Crippen LogP contribution in [0.25, 0.3) is 11.3 Å². The summed E-state index contributed by atoms with van der Waals surface area (Å²) in [7, 11) is 1.69. The third-order valence-corrected chi connectivity index (χ3v) is 4.87. The highest BCUT2D eigenvalue weighted by atomic mass is 32.1. The number of nitrogens with one attached hydrogen (secondary N) is 1. The van der Waals surface area contributed by atoms with Crippen LogP contribution in [0.15, 0.2) is 53.9 Å². The highest BCUT2D eigenvalue weighted by molar-refractivity contribution is 7.09. The lowest BCUT2D eigenvalue weighted by molar-refractivity contribution is 0.406. The van der Waals surface area contributed by atoms with Crippen molar-refractivity contribution in [1.29, 1.82) is 0 Å².